The number of carbonyl (C=O) groups is 2. The molecule has 0 saturated carbocycles. The third kappa shape index (κ3) is 2.53. The third-order valence-electron chi connectivity index (χ3n) is 3.30. The molecule has 18 heavy (non-hydrogen) atoms. The first-order valence-electron chi connectivity index (χ1n) is 6.13. The largest absolute Gasteiger partial charge is 0.478 e. The standard InChI is InChI=1S/C14H16O4/c1-2-18-14(17)12-6-4-9-7-11(13(15)16)5-3-10(9)8-12/h3,5,7,12H,2,4,6,8H2,1H3,(H,15,16). The molecule has 1 aromatic carbocycles. The monoisotopic (exact) mass is 248 g/mol. The zero-order chi connectivity index (χ0) is 13.1. The highest BCUT2D eigenvalue weighted by atomic mass is 16.5. The number of aryl methyl sites for hydroxylation is 1. The van der Waals surface area contributed by atoms with Gasteiger partial charge in [-0.1, -0.05) is 6.07 Å². The van der Waals surface area contributed by atoms with E-state index in [2.05, 4.69) is 0 Å². The van der Waals surface area contributed by atoms with E-state index >= 15 is 0 Å². The molecule has 0 spiro atoms. The average molecular weight is 248 g/mol. The summed E-state index contributed by atoms with van der Waals surface area (Å²) in [4.78, 5) is 22.5. The SMILES string of the molecule is CCOC(=O)C1CCc2cc(C(=O)O)ccc2C1. The van der Waals surface area contributed by atoms with E-state index in [-0.39, 0.29) is 11.9 Å². The van der Waals surface area contributed by atoms with Crippen molar-refractivity contribution in [3.05, 3.63) is 34.9 Å². The molecule has 4 heteroatoms. The summed E-state index contributed by atoms with van der Waals surface area (Å²) in [6.45, 7) is 2.20. The van der Waals surface area contributed by atoms with E-state index < -0.39 is 5.97 Å². The van der Waals surface area contributed by atoms with E-state index in [1.165, 1.54) is 0 Å². The molecule has 1 N–H and O–H groups in total. The minimum absolute atomic E-state index is 0.0897. The molecule has 1 aliphatic carbocycles. The lowest BCUT2D eigenvalue weighted by molar-refractivity contribution is -0.148. The fourth-order valence-corrected chi connectivity index (χ4v) is 2.35. The Morgan fingerprint density at radius 2 is 2.17 bits per heavy atom. The van der Waals surface area contributed by atoms with Crippen LogP contribution >= 0.6 is 0 Å². The van der Waals surface area contributed by atoms with Crippen molar-refractivity contribution in [1.29, 1.82) is 0 Å². The van der Waals surface area contributed by atoms with Crippen molar-refractivity contribution in [2.45, 2.75) is 26.2 Å². The van der Waals surface area contributed by atoms with Gasteiger partial charge in [0.1, 0.15) is 0 Å². The summed E-state index contributed by atoms with van der Waals surface area (Å²) in [7, 11) is 0. The van der Waals surface area contributed by atoms with Crippen LogP contribution in [0.3, 0.4) is 0 Å². The van der Waals surface area contributed by atoms with Crippen LogP contribution in [0.2, 0.25) is 0 Å². The Hall–Kier alpha value is -1.84. The highest BCUT2D eigenvalue weighted by molar-refractivity contribution is 5.88. The van der Waals surface area contributed by atoms with E-state index in [1.54, 1.807) is 19.1 Å². The Morgan fingerprint density at radius 1 is 1.39 bits per heavy atom. The van der Waals surface area contributed by atoms with Gasteiger partial charge >= 0.3 is 11.9 Å². The minimum Gasteiger partial charge on any atom is -0.478 e. The number of carbonyl (C=O) groups excluding carboxylic acids is 1. The lowest BCUT2D eigenvalue weighted by Gasteiger charge is -2.23. The number of benzene rings is 1. The second kappa shape index (κ2) is 5.21. The van der Waals surface area contributed by atoms with Crippen molar-refractivity contribution < 1.29 is 19.4 Å². The van der Waals surface area contributed by atoms with E-state index in [0.717, 1.165) is 24.0 Å². The predicted molar refractivity (Wildman–Crippen MR) is 65.5 cm³/mol. The molecule has 0 bridgehead atoms. The number of carboxylic acid groups (broad SMARTS) is 1. The normalized spacial score (nSPS) is 17.9. The Labute approximate surface area is 106 Å². The number of carboxylic acids is 1. The van der Waals surface area contributed by atoms with Gasteiger partial charge in [-0.25, -0.2) is 4.79 Å². The zero-order valence-electron chi connectivity index (χ0n) is 10.3. The van der Waals surface area contributed by atoms with Crippen molar-refractivity contribution >= 4 is 11.9 Å². The van der Waals surface area contributed by atoms with Crippen LogP contribution in [0.1, 0.15) is 34.8 Å². The van der Waals surface area contributed by atoms with Gasteiger partial charge in [0.2, 0.25) is 0 Å². The number of rotatable bonds is 3. The van der Waals surface area contributed by atoms with E-state index in [4.69, 9.17) is 9.84 Å². The van der Waals surface area contributed by atoms with Crippen molar-refractivity contribution in [3.8, 4) is 0 Å². The molecule has 0 saturated heterocycles. The fraction of sp³-hybridized carbons (Fsp3) is 0.429. The molecular formula is C14H16O4. The molecule has 1 unspecified atom stereocenters. The van der Waals surface area contributed by atoms with Crippen molar-refractivity contribution in [2.75, 3.05) is 6.61 Å². The second-order valence-corrected chi connectivity index (χ2v) is 4.48. The number of hydrogen-bond acceptors (Lipinski definition) is 3. The van der Waals surface area contributed by atoms with Gasteiger partial charge in [-0.2, -0.15) is 0 Å². The van der Waals surface area contributed by atoms with Gasteiger partial charge in [0.15, 0.2) is 0 Å². The molecule has 1 atom stereocenters. The van der Waals surface area contributed by atoms with Crippen LogP contribution in [-0.2, 0) is 22.4 Å². The average Bonchev–Trinajstić information content (AvgIpc) is 2.37. The topological polar surface area (TPSA) is 63.6 Å². The molecule has 1 aliphatic rings. The molecule has 0 radical (unpaired) electrons. The first-order chi connectivity index (χ1) is 8.61. The number of ether oxygens (including phenoxy) is 1. The summed E-state index contributed by atoms with van der Waals surface area (Å²) >= 11 is 0. The van der Waals surface area contributed by atoms with Crippen LogP contribution in [0.15, 0.2) is 18.2 Å². The molecule has 2 rings (SSSR count). The van der Waals surface area contributed by atoms with E-state index in [0.29, 0.717) is 18.6 Å². The van der Waals surface area contributed by atoms with Gasteiger partial charge in [-0.05, 0) is 49.4 Å². The summed E-state index contributed by atoms with van der Waals surface area (Å²) in [5.41, 5.74) is 2.41. The van der Waals surface area contributed by atoms with E-state index in [1.807, 2.05) is 6.07 Å². The number of esters is 1. The number of hydrogen-bond donors (Lipinski definition) is 1. The zero-order valence-corrected chi connectivity index (χ0v) is 10.3. The highest BCUT2D eigenvalue weighted by Crippen LogP contribution is 2.27. The first kappa shape index (κ1) is 12.6. The summed E-state index contributed by atoms with van der Waals surface area (Å²) in [6.07, 6.45) is 2.11. The van der Waals surface area contributed by atoms with Gasteiger partial charge in [-0.3, -0.25) is 4.79 Å². The van der Waals surface area contributed by atoms with Crippen LogP contribution in [0.4, 0.5) is 0 Å². The van der Waals surface area contributed by atoms with Gasteiger partial charge in [0.25, 0.3) is 0 Å². The molecule has 96 valence electrons. The van der Waals surface area contributed by atoms with Crippen molar-refractivity contribution in [2.24, 2.45) is 5.92 Å². The first-order valence-corrected chi connectivity index (χ1v) is 6.13. The van der Waals surface area contributed by atoms with Gasteiger partial charge < -0.3 is 9.84 Å². The maximum Gasteiger partial charge on any atom is 0.335 e. The predicted octanol–water partition coefficient (Wildman–Crippen LogP) is 2.05. The van der Waals surface area contributed by atoms with Gasteiger partial charge in [0, 0.05) is 0 Å². The summed E-state index contributed by atoms with van der Waals surface area (Å²) in [5.74, 6) is -1.15. The fourth-order valence-electron chi connectivity index (χ4n) is 2.35. The van der Waals surface area contributed by atoms with Crippen LogP contribution in [-0.4, -0.2) is 23.7 Å². The molecule has 1 aromatic rings. The maximum atomic E-state index is 11.7. The smallest absolute Gasteiger partial charge is 0.335 e. The van der Waals surface area contributed by atoms with Crippen molar-refractivity contribution in [1.82, 2.24) is 0 Å². The lowest BCUT2D eigenvalue weighted by atomic mass is 9.83. The molecule has 0 aliphatic heterocycles. The maximum absolute atomic E-state index is 11.7. The molecule has 0 amide bonds. The Balaban J connectivity index is 2.16. The summed E-state index contributed by atoms with van der Waals surface area (Å²) < 4.78 is 5.03. The third-order valence-corrected chi connectivity index (χ3v) is 3.30. The summed E-state index contributed by atoms with van der Waals surface area (Å²) in [5, 5.41) is 8.92. The second-order valence-electron chi connectivity index (χ2n) is 4.48. The van der Waals surface area contributed by atoms with Crippen LogP contribution in [0.25, 0.3) is 0 Å². The van der Waals surface area contributed by atoms with Gasteiger partial charge in [-0.15, -0.1) is 0 Å². The van der Waals surface area contributed by atoms with Crippen LogP contribution in [0.5, 0.6) is 0 Å². The number of aromatic carboxylic acids is 1. The summed E-state index contributed by atoms with van der Waals surface area (Å²) in [6, 6.07) is 5.11. The quantitative estimate of drug-likeness (QED) is 0.831. The van der Waals surface area contributed by atoms with Gasteiger partial charge in [0.05, 0.1) is 18.1 Å². The Kier molecular flexibility index (Phi) is 3.65. The molecular weight excluding hydrogens is 232 g/mol. The molecule has 0 fully saturated rings. The Morgan fingerprint density at radius 3 is 2.83 bits per heavy atom. The number of fused-ring (bicyclic) bond motifs is 1. The van der Waals surface area contributed by atoms with Crippen LogP contribution in [0, 0.1) is 5.92 Å². The lowest BCUT2D eigenvalue weighted by Crippen LogP contribution is -2.24. The van der Waals surface area contributed by atoms with E-state index in [9.17, 15) is 9.59 Å². The molecule has 4 nitrogen and oxygen atoms in total. The highest BCUT2D eigenvalue weighted by Gasteiger charge is 2.26. The Bertz CT molecular complexity index is 479. The minimum atomic E-state index is -0.912. The molecule has 0 heterocycles. The van der Waals surface area contributed by atoms with Crippen LogP contribution < -0.4 is 0 Å². The molecule has 0 aromatic heterocycles. The van der Waals surface area contributed by atoms with Crippen molar-refractivity contribution in [3.63, 3.8) is 0 Å².